The van der Waals surface area contributed by atoms with E-state index in [4.69, 9.17) is 18.9 Å². The largest absolute Gasteiger partial charge is 0.493 e. The second-order valence-corrected chi connectivity index (χ2v) is 8.21. The van der Waals surface area contributed by atoms with Crippen molar-refractivity contribution in [2.45, 2.75) is 46.3 Å². The quantitative estimate of drug-likeness (QED) is 0.379. The molecule has 2 amide bonds. The summed E-state index contributed by atoms with van der Waals surface area (Å²) in [4.78, 5) is 49.5. The molecule has 1 saturated heterocycles. The molecule has 0 radical (unpaired) electrons. The number of imide groups is 1. The second kappa shape index (κ2) is 11.6. The number of amides is 2. The first kappa shape index (κ1) is 25.3. The molecule has 9 nitrogen and oxygen atoms in total. The zero-order chi connectivity index (χ0) is 23.8. The van der Waals surface area contributed by atoms with Crippen molar-refractivity contribution in [2.75, 3.05) is 20.3 Å². The summed E-state index contributed by atoms with van der Waals surface area (Å²) in [6, 6.07) is 4.84. The predicted molar refractivity (Wildman–Crippen MR) is 118 cm³/mol. The summed E-state index contributed by atoms with van der Waals surface area (Å²) < 4.78 is 20.9. The topological polar surface area (TPSA) is 108 Å². The van der Waals surface area contributed by atoms with Gasteiger partial charge in [0, 0.05) is 0 Å². The monoisotopic (exact) mass is 465 g/mol. The van der Waals surface area contributed by atoms with Crippen LogP contribution in [0.1, 0.15) is 39.7 Å². The molecule has 1 aromatic rings. The normalized spacial score (nSPS) is 15.8. The molecular formula is C22H27NO8S. The lowest BCUT2D eigenvalue weighted by atomic mass is 10.2. The van der Waals surface area contributed by atoms with E-state index in [2.05, 4.69) is 0 Å². The number of thioether (sulfide) groups is 1. The first-order valence-corrected chi connectivity index (χ1v) is 10.9. The summed E-state index contributed by atoms with van der Waals surface area (Å²) in [7, 11) is 1.44. The molecule has 1 heterocycles. The molecule has 1 aliphatic rings. The van der Waals surface area contributed by atoms with Gasteiger partial charge in [0.15, 0.2) is 18.1 Å². The smallest absolute Gasteiger partial charge is 0.344 e. The molecule has 1 aromatic carbocycles. The molecule has 0 N–H and O–H groups in total. The van der Waals surface area contributed by atoms with Crippen molar-refractivity contribution in [3.8, 4) is 11.5 Å². The van der Waals surface area contributed by atoms with Gasteiger partial charge in [0.2, 0.25) is 0 Å². The fraction of sp³-hybridized carbons (Fsp3) is 0.455. The molecule has 174 valence electrons. The Balaban J connectivity index is 2.09. The lowest BCUT2D eigenvalue weighted by Crippen LogP contribution is -2.35. The molecular weight excluding hydrogens is 438 g/mol. The van der Waals surface area contributed by atoms with Crippen LogP contribution >= 0.6 is 11.8 Å². The van der Waals surface area contributed by atoms with Gasteiger partial charge in [0.25, 0.3) is 11.1 Å². The van der Waals surface area contributed by atoms with Gasteiger partial charge in [-0.15, -0.1) is 0 Å². The average Bonchev–Trinajstić information content (AvgIpc) is 2.99. The van der Waals surface area contributed by atoms with E-state index in [9.17, 15) is 19.2 Å². The van der Waals surface area contributed by atoms with E-state index in [1.165, 1.54) is 13.2 Å². The van der Waals surface area contributed by atoms with E-state index in [0.717, 1.165) is 16.7 Å². The van der Waals surface area contributed by atoms with Gasteiger partial charge in [-0.2, -0.15) is 0 Å². The third kappa shape index (κ3) is 7.01. The van der Waals surface area contributed by atoms with Crippen molar-refractivity contribution in [1.29, 1.82) is 0 Å². The van der Waals surface area contributed by atoms with Crippen molar-refractivity contribution in [3.05, 3.63) is 28.7 Å². The number of ether oxygens (including phenoxy) is 4. The lowest BCUT2D eigenvalue weighted by Gasteiger charge is -2.14. The number of methoxy groups -OCH3 is 1. The molecule has 10 heteroatoms. The third-order valence-corrected chi connectivity index (χ3v) is 5.17. The van der Waals surface area contributed by atoms with Gasteiger partial charge in [-0.25, -0.2) is 4.79 Å². The molecule has 1 atom stereocenters. The highest BCUT2D eigenvalue weighted by atomic mass is 32.2. The summed E-state index contributed by atoms with van der Waals surface area (Å²) in [5, 5.41) is -0.544. The molecule has 0 spiro atoms. The van der Waals surface area contributed by atoms with Crippen molar-refractivity contribution < 1.29 is 38.1 Å². The first-order valence-electron chi connectivity index (χ1n) is 10.1. The summed E-state index contributed by atoms with van der Waals surface area (Å²) in [6.07, 6.45) is 1.61. The number of rotatable bonds is 10. The highest BCUT2D eigenvalue weighted by Gasteiger charge is 2.36. The second-order valence-electron chi connectivity index (χ2n) is 7.21. The van der Waals surface area contributed by atoms with Crippen molar-refractivity contribution in [3.63, 3.8) is 0 Å². The summed E-state index contributed by atoms with van der Waals surface area (Å²) in [5.74, 6) is -1.05. The number of benzene rings is 1. The average molecular weight is 466 g/mol. The highest BCUT2D eigenvalue weighted by Crippen LogP contribution is 2.34. The van der Waals surface area contributed by atoms with Crippen LogP contribution in [0.5, 0.6) is 11.5 Å². The summed E-state index contributed by atoms with van der Waals surface area (Å²) in [5.41, 5.74) is 0.576. The Hall–Kier alpha value is -3.01. The van der Waals surface area contributed by atoms with Crippen LogP contribution in [0.15, 0.2) is 23.1 Å². The van der Waals surface area contributed by atoms with Crippen molar-refractivity contribution in [2.24, 2.45) is 0 Å². The minimum absolute atomic E-state index is 0.169. The van der Waals surface area contributed by atoms with E-state index < -0.39 is 29.6 Å². The Labute approximate surface area is 191 Å². The zero-order valence-corrected chi connectivity index (χ0v) is 19.5. The van der Waals surface area contributed by atoms with E-state index in [-0.39, 0.29) is 23.7 Å². The minimum atomic E-state index is -0.637. The molecule has 0 aliphatic carbocycles. The van der Waals surface area contributed by atoms with Crippen LogP contribution in [-0.4, -0.2) is 60.5 Å². The van der Waals surface area contributed by atoms with E-state index in [1.54, 1.807) is 39.0 Å². The maximum atomic E-state index is 12.6. The van der Waals surface area contributed by atoms with Crippen LogP contribution in [0, 0.1) is 0 Å². The fourth-order valence-corrected chi connectivity index (χ4v) is 3.43. The third-order valence-electron chi connectivity index (χ3n) is 4.27. The van der Waals surface area contributed by atoms with Crippen LogP contribution in [0.25, 0.3) is 6.08 Å². The Morgan fingerprint density at radius 1 is 1.09 bits per heavy atom. The van der Waals surface area contributed by atoms with Gasteiger partial charge in [0.05, 0.1) is 24.2 Å². The Morgan fingerprint density at radius 3 is 2.44 bits per heavy atom. The molecule has 0 unspecified atom stereocenters. The number of esters is 2. The van der Waals surface area contributed by atoms with Gasteiger partial charge >= 0.3 is 11.9 Å². The van der Waals surface area contributed by atoms with Crippen LogP contribution in [-0.2, 0) is 23.9 Å². The molecule has 0 aromatic heterocycles. The standard InChI is InChI=1S/C22H27NO8S/c1-6-14(4)31-19(24)11-23-21(26)18(32-22(23)27)10-15-7-8-16(17(9-15)28-5)29-12-20(25)30-13(2)3/h7-10,13-14H,6,11-12H2,1-5H3/b18-10-/t14-/m1/s1. The predicted octanol–water partition coefficient (Wildman–Crippen LogP) is 3.40. The highest BCUT2D eigenvalue weighted by molar-refractivity contribution is 8.18. The Bertz CT molecular complexity index is 911. The molecule has 0 bridgehead atoms. The molecule has 1 aliphatic heterocycles. The Morgan fingerprint density at radius 2 is 1.81 bits per heavy atom. The number of carbonyl (C=O) groups is 4. The van der Waals surface area contributed by atoms with Crippen LogP contribution in [0.3, 0.4) is 0 Å². The maximum absolute atomic E-state index is 12.6. The number of hydrogen-bond donors (Lipinski definition) is 0. The number of carbonyl (C=O) groups excluding carboxylic acids is 4. The molecule has 32 heavy (non-hydrogen) atoms. The summed E-state index contributed by atoms with van der Waals surface area (Å²) in [6.45, 7) is 6.37. The summed E-state index contributed by atoms with van der Waals surface area (Å²) >= 11 is 0.738. The molecule has 2 rings (SSSR count). The van der Waals surface area contributed by atoms with E-state index in [1.807, 2.05) is 6.92 Å². The first-order chi connectivity index (χ1) is 15.1. The maximum Gasteiger partial charge on any atom is 0.344 e. The molecule has 0 saturated carbocycles. The minimum Gasteiger partial charge on any atom is -0.493 e. The van der Waals surface area contributed by atoms with Gasteiger partial charge in [0.1, 0.15) is 6.54 Å². The lowest BCUT2D eigenvalue weighted by molar-refractivity contribution is -0.151. The van der Waals surface area contributed by atoms with Crippen molar-refractivity contribution >= 4 is 40.9 Å². The van der Waals surface area contributed by atoms with E-state index in [0.29, 0.717) is 23.5 Å². The number of nitrogens with zero attached hydrogens (tertiary/aromatic N) is 1. The van der Waals surface area contributed by atoms with Gasteiger partial charge < -0.3 is 18.9 Å². The van der Waals surface area contributed by atoms with Gasteiger partial charge in [-0.3, -0.25) is 19.3 Å². The number of hydrogen-bond acceptors (Lipinski definition) is 9. The van der Waals surface area contributed by atoms with Crippen LogP contribution in [0.4, 0.5) is 4.79 Å². The van der Waals surface area contributed by atoms with Gasteiger partial charge in [-0.05, 0) is 62.7 Å². The van der Waals surface area contributed by atoms with E-state index >= 15 is 0 Å². The van der Waals surface area contributed by atoms with Gasteiger partial charge in [-0.1, -0.05) is 13.0 Å². The molecule has 1 fully saturated rings. The van der Waals surface area contributed by atoms with Crippen molar-refractivity contribution in [1.82, 2.24) is 4.90 Å². The Kier molecular flexibility index (Phi) is 9.13. The van der Waals surface area contributed by atoms with Crippen LogP contribution in [0.2, 0.25) is 0 Å². The zero-order valence-electron chi connectivity index (χ0n) is 18.7. The SMILES string of the molecule is CC[C@@H](C)OC(=O)CN1C(=O)S/C(=C\c2ccc(OCC(=O)OC(C)C)c(OC)c2)C1=O. The van der Waals surface area contributed by atoms with Crippen LogP contribution < -0.4 is 9.47 Å². The fourth-order valence-electron chi connectivity index (χ4n) is 2.59.